The molecule has 2 heterocycles. The molecular formula is C24H31N3O6S. The predicted molar refractivity (Wildman–Crippen MR) is 125 cm³/mol. The van der Waals surface area contributed by atoms with Gasteiger partial charge in [-0.15, -0.1) is 0 Å². The van der Waals surface area contributed by atoms with Crippen LogP contribution in [0.3, 0.4) is 0 Å². The van der Waals surface area contributed by atoms with Crippen LogP contribution in [0.15, 0.2) is 41.3 Å². The molecule has 0 saturated carbocycles. The predicted octanol–water partition coefficient (Wildman–Crippen LogP) is 2.01. The van der Waals surface area contributed by atoms with Gasteiger partial charge in [0, 0.05) is 18.8 Å². The van der Waals surface area contributed by atoms with Crippen molar-refractivity contribution in [2.24, 2.45) is 17.8 Å². The Bertz CT molecular complexity index is 1070. The van der Waals surface area contributed by atoms with Crippen molar-refractivity contribution in [3.05, 3.63) is 36.4 Å². The Balaban J connectivity index is 1.55. The second kappa shape index (κ2) is 9.97. The summed E-state index contributed by atoms with van der Waals surface area (Å²) in [7, 11) is -3.73. The van der Waals surface area contributed by atoms with Gasteiger partial charge in [-0.25, -0.2) is 8.42 Å². The van der Waals surface area contributed by atoms with Crippen LogP contribution in [0, 0.1) is 17.8 Å². The first-order chi connectivity index (χ1) is 16.2. The van der Waals surface area contributed by atoms with Crippen molar-refractivity contribution in [1.29, 1.82) is 0 Å². The molecule has 1 aromatic carbocycles. The van der Waals surface area contributed by atoms with Gasteiger partial charge >= 0.3 is 0 Å². The first kappa shape index (κ1) is 24.6. The highest BCUT2D eigenvalue weighted by molar-refractivity contribution is 7.89. The molecule has 3 amide bonds. The van der Waals surface area contributed by atoms with Crippen LogP contribution < -0.4 is 5.32 Å². The van der Waals surface area contributed by atoms with Crippen molar-refractivity contribution in [2.45, 2.75) is 44.0 Å². The maximum Gasteiger partial charge on any atom is 0.247 e. The number of rotatable bonds is 7. The minimum Gasteiger partial charge on any atom is -0.379 e. The summed E-state index contributed by atoms with van der Waals surface area (Å²) in [6, 6.07) is 5.10. The number of morpholine rings is 1. The number of amides is 3. The van der Waals surface area contributed by atoms with Crippen LogP contribution in [0.5, 0.6) is 0 Å². The van der Waals surface area contributed by atoms with Crippen LogP contribution in [0.25, 0.3) is 0 Å². The van der Waals surface area contributed by atoms with Crippen LogP contribution in [-0.4, -0.2) is 67.7 Å². The fourth-order valence-electron chi connectivity index (χ4n) is 4.81. The van der Waals surface area contributed by atoms with Crippen molar-refractivity contribution in [3.8, 4) is 0 Å². The lowest BCUT2D eigenvalue weighted by molar-refractivity contribution is -0.147. The van der Waals surface area contributed by atoms with Crippen LogP contribution in [0.1, 0.15) is 33.1 Å². The summed E-state index contributed by atoms with van der Waals surface area (Å²) in [5, 5.41) is 2.75. The van der Waals surface area contributed by atoms with Crippen molar-refractivity contribution in [2.75, 3.05) is 31.6 Å². The molecule has 3 unspecified atom stereocenters. The normalized spacial score (nSPS) is 24.4. The van der Waals surface area contributed by atoms with E-state index in [-0.39, 0.29) is 35.7 Å². The van der Waals surface area contributed by atoms with E-state index in [0.29, 0.717) is 38.2 Å². The Hall–Kier alpha value is -2.56. The Morgan fingerprint density at radius 1 is 1.09 bits per heavy atom. The standard InChI is InChI=1S/C24H31N3O6S/c1-16(2)14-21(27-23(29)19-8-3-4-9-20(19)24(27)30)22(28)25-17-6-5-7-18(15-17)34(31,32)26-10-12-33-13-11-26/h3-7,15-16,19-21H,8-14H2,1-2H3,(H,25,28). The number of nitrogens with one attached hydrogen (secondary N) is 1. The lowest BCUT2D eigenvalue weighted by Gasteiger charge is -2.28. The first-order valence-corrected chi connectivity index (χ1v) is 13.1. The summed E-state index contributed by atoms with van der Waals surface area (Å²) < 4.78 is 32.6. The SMILES string of the molecule is CC(C)CC(C(=O)Nc1cccc(S(=O)(=O)N2CCOCC2)c1)N1C(=O)C2CC=CCC2C1=O. The molecule has 4 rings (SSSR count). The van der Waals surface area contributed by atoms with E-state index in [0.717, 1.165) is 4.90 Å². The molecule has 10 heteroatoms. The molecule has 0 bridgehead atoms. The van der Waals surface area contributed by atoms with Gasteiger partial charge in [-0.05, 0) is 43.4 Å². The fourth-order valence-corrected chi connectivity index (χ4v) is 6.26. The van der Waals surface area contributed by atoms with E-state index in [1.54, 1.807) is 12.1 Å². The highest BCUT2D eigenvalue weighted by Crippen LogP contribution is 2.37. The summed E-state index contributed by atoms with van der Waals surface area (Å²) in [6.07, 6.45) is 5.15. The molecule has 1 aliphatic carbocycles. The minimum absolute atomic E-state index is 0.0603. The van der Waals surface area contributed by atoms with E-state index in [9.17, 15) is 22.8 Å². The number of nitrogens with zero attached hydrogens (tertiary/aromatic N) is 2. The molecule has 1 N–H and O–H groups in total. The topological polar surface area (TPSA) is 113 Å². The molecule has 0 spiro atoms. The molecule has 1 aromatic rings. The molecule has 0 aromatic heterocycles. The number of allylic oxidation sites excluding steroid dienone is 2. The number of carbonyl (C=O) groups excluding carboxylic acids is 3. The number of ether oxygens (including phenoxy) is 1. The summed E-state index contributed by atoms with van der Waals surface area (Å²) >= 11 is 0. The van der Waals surface area contributed by atoms with Gasteiger partial charge in [0.2, 0.25) is 27.7 Å². The van der Waals surface area contributed by atoms with Gasteiger partial charge in [-0.1, -0.05) is 32.1 Å². The molecular weight excluding hydrogens is 458 g/mol. The number of hydrogen-bond acceptors (Lipinski definition) is 6. The number of hydrogen-bond donors (Lipinski definition) is 1. The van der Waals surface area contributed by atoms with E-state index < -0.39 is 33.8 Å². The van der Waals surface area contributed by atoms with Crippen LogP contribution in [-0.2, 0) is 29.1 Å². The summed E-state index contributed by atoms with van der Waals surface area (Å²) in [4.78, 5) is 40.7. The minimum atomic E-state index is -3.73. The second-order valence-corrected chi connectivity index (χ2v) is 11.3. The van der Waals surface area contributed by atoms with Gasteiger partial charge in [-0.3, -0.25) is 19.3 Å². The molecule has 0 radical (unpaired) electrons. The van der Waals surface area contributed by atoms with Crippen molar-refractivity contribution >= 4 is 33.4 Å². The van der Waals surface area contributed by atoms with Gasteiger partial charge < -0.3 is 10.1 Å². The van der Waals surface area contributed by atoms with Gasteiger partial charge in [0.15, 0.2) is 0 Å². The summed E-state index contributed by atoms with van der Waals surface area (Å²) in [5.41, 5.74) is 0.297. The quantitative estimate of drug-likeness (QED) is 0.463. The average Bonchev–Trinajstić information content (AvgIpc) is 3.08. The first-order valence-electron chi connectivity index (χ1n) is 11.7. The molecule has 2 fully saturated rings. The van der Waals surface area contributed by atoms with E-state index in [1.807, 2.05) is 26.0 Å². The Morgan fingerprint density at radius 3 is 2.29 bits per heavy atom. The van der Waals surface area contributed by atoms with Crippen molar-refractivity contribution in [1.82, 2.24) is 9.21 Å². The monoisotopic (exact) mass is 489 g/mol. The second-order valence-electron chi connectivity index (χ2n) is 9.38. The maximum atomic E-state index is 13.3. The number of benzene rings is 1. The third-order valence-corrected chi connectivity index (χ3v) is 8.45. The number of sulfonamides is 1. The Morgan fingerprint density at radius 2 is 1.71 bits per heavy atom. The van der Waals surface area contributed by atoms with Crippen molar-refractivity contribution < 1.29 is 27.5 Å². The Kier molecular flexibility index (Phi) is 7.20. The molecule has 2 saturated heterocycles. The zero-order chi connectivity index (χ0) is 24.5. The smallest absolute Gasteiger partial charge is 0.247 e. The number of anilines is 1. The van der Waals surface area contributed by atoms with E-state index in [1.165, 1.54) is 16.4 Å². The zero-order valence-electron chi connectivity index (χ0n) is 19.5. The highest BCUT2D eigenvalue weighted by Gasteiger charge is 2.51. The van der Waals surface area contributed by atoms with Gasteiger partial charge in [0.25, 0.3) is 0 Å². The van der Waals surface area contributed by atoms with Gasteiger partial charge in [0.1, 0.15) is 6.04 Å². The number of likely N-dealkylation sites (tertiary alicyclic amines) is 1. The van der Waals surface area contributed by atoms with Crippen LogP contribution in [0.4, 0.5) is 5.69 Å². The van der Waals surface area contributed by atoms with E-state index in [2.05, 4.69) is 5.32 Å². The van der Waals surface area contributed by atoms with Gasteiger partial charge in [0.05, 0.1) is 29.9 Å². The zero-order valence-corrected chi connectivity index (χ0v) is 20.3. The summed E-state index contributed by atoms with van der Waals surface area (Å²) in [5.74, 6) is -1.87. The van der Waals surface area contributed by atoms with Crippen LogP contribution >= 0.6 is 0 Å². The molecule has 3 atom stereocenters. The molecule has 184 valence electrons. The van der Waals surface area contributed by atoms with E-state index in [4.69, 9.17) is 4.74 Å². The van der Waals surface area contributed by atoms with Gasteiger partial charge in [-0.2, -0.15) is 4.31 Å². The molecule has 2 aliphatic heterocycles. The number of carbonyl (C=O) groups is 3. The summed E-state index contributed by atoms with van der Waals surface area (Å²) in [6.45, 7) is 5.06. The van der Waals surface area contributed by atoms with E-state index >= 15 is 0 Å². The largest absolute Gasteiger partial charge is 0.379 e. The van der Waals surface area contributed by atoms with Crippen LogP contribution in [0.2, 0.25) is 0 Å². The Labute approximate surface area is 200 Å². The fraction of sp³-hybridized carbons (Fsp3) is 0.542. The maximum absolute atomic E-state index is 13.3. The highest BCUT2D eigenvalue weighted by atomic mass is 32.2. The number of fused-ring (bicyclic) bond motifs is 1. The lowest BCUT2D eigenvalue weighted by atomic mass is 9.85. The number of imide groups is 1. The van der Waals surface area contributed by atoms with Crippen molar-refractivity contribution in [3.63, 3.8) is 0 Å². The third kappa shape index (κ3) is 4.80. The molecule has 3 aliphatic rings. The molecule has 9 nitrogen and oxygen atoms in total. The molecule has 34 heavy (non-hydrogen) atoms. The average molecular weight is 490 g/mol. The third-order valence-electron chi connectivity index (χ3n) is 6.56. The lowest BCUT2D eigenvalue weighted by Crippen LogP contribution is -2.48.